The predicted molar refractivity (Wildman–Crippen MR) is 227 cm³/mol. The van der Waals surface area contributed by atoms with Crippen molar-refractivity contribution in [2.24, 2.45) is 0 Å². The first kappa shape index (κ1) is 46.6. The van der Waals surface area contributed by atoms with Gasteiger partial charge in [-0.05, 0) is 72.7 Å². The van der Waals surface area contributed by atoms with Gasteiger partial charge in [0.2, 0.25) is 0 Å². The maximum Gasteiger partial charge on any atom is 0.160 e. The minimum atomic E-state index is -4.32. The third-order valence-electron chi connectivity index (χ3n) is 9.10. The van der Waals surface area contributed by atoms with Crippen LogP contribution in [0.25, 0.3) is 33.0 Å². The SMILES string of the molecule is CC(=O)c1cc(-c2cccc(F)c2C#N)ccc1-c1cccc(F)c1C#N.CS(=O)(O)(O)CC1CCCO1.CS(=O)(O)(O)CC1CCCO1.c1ccc2ccccc2c1. The van der Waals surface area contributed by atoms with E-state index in [0.29, 0.717) is 35.5 Å². The number of Topliss-reactive ketones (excluding diaryl/α,β-unsaturated/α-hetero) is 1. The van der Waals surface area contributed by atoms with Gasteiger partial charge in [0.15, 0.2) is 5.78 Å². The zero-order chi connectivity index (χ0) is 43.5. The third kappa shape index (κ3) is 14.9. The lowest BCUT2D eigenvalue weighted by Crippen LogP contribution is -2.39. The first-order chi connectivity index (χ1) is 27.6. The Morgan fingerprint density at radius 3 is 1.46 bits per heavy atom. The van der Waals surface area contributed by atoms with Gasteiger partial charge >= 0.3 is 0 Å². The van der Waals surface area contributed by atoms with Gasteiger partial charge in [-0.25, -0.2) is 17.2 Å². The Morgan fingerprint density at radius 2 is 1.08 bits per heavy atom. The van der Waals surface area contributed by atoms with Crippen molar-refractivity contribution in [1.29, 1.82) is 10.5 Å². The number of benzene rings is 5. The smallest absolute Gasteiger partial charge is 0.160 e. The molecule has 0 radical (unpaired) electrons. The predicted octanol–water partition coefficient (Wildman–Crippen LogP) is 9.21. The van der Waals surface area contributed by atoms with Crippen molar-refractivity contribution in [2.45, 2.75) is 44.8 Å². The molecule has 0 amide bonds. The molecule has 15 heteroatoms. The van der Waals surface area contributed by atoms with Crippen molar-refractivity contribution >= 4 is 35.8 Å². The molecule has 4 N–H and O–H groups in total. The van der Waals surface area contributed by atoms with E-state index in [9.17, 15) is 32.5 Å². The summed E-state index contributed by atoms with van der Waals surface area (Å²) in [6, 6.07) is 33.5. The largest absolute Gasteiger partial charge is 0.377 e. The second kappa shape index (κ2) is 19.3. The van der Waals surface area contributed by atoms with Crippen LogP contribution < -0.4 is 0 Å². The van der Waals surface area contributed by atoms with Crippen LogP contribution in [0.4, 0.5) is 8.78 Å². The van der Waals surface area contributed by atoms with E-state index in [2.05, 4.69) is 48.5 Å². The number of rotatable bonds is 7. The maximum atomic E-state index is 14.0. The lowest BCUT2D eigenvalue weighted by atomic mass is 9.90. The summed E-state index contributed by atoms with van der Waals surface area (Å²) in [4.78, 5) is 12.2. The number of fused-ring (bicyclic) bond motifs is 1. The first-order valence-electron chi connectivity index (χ1n) is 18.5. The normalized spacial score (nSPS) is 17.4. The fourth-order valence-electron chi connectivity index (χ4n) is 6.52. The number of carbonyl (C=O) groups excluding carboxylic acids is 1. The molecular weight excluding hydrogens is 803 g/mol. The van der Waals surface area contributed by atoms with Crippen LogP contribution >= 0.6 is 0 Å². The number of nitriles is 2. The number of ether oxygens (including phenoxy) is 2. The van der Waals surface area contributed by atoms with Gasteiger partial charge in [0.25, 0.3) is 0 Å². The standard InChI is InChI=1S/C22H12F2N2O.C10H8.2C6H14O4S/c1-13(27)18-10-14(15-4-2-6-21(23)19(15)11-25)8-9-17(18)16-5-3-7-22(24)20(16)12-26;1-2-6-10-8-4-3-7-9(10)5-1;2*1-11(7,8,9)5-6-3-2-4-10-6/h2-10H,1H3;1-8H;2*6H,2-5H2,1H3,(H2,7,8,9). The molecule has 0 spiro atoms. The highest BCUT2D eigenvalue weighted by Crippen LogP contribution is 2.34. The highest BCUT2D eigenvalue weighted by atomic mass is 32.3. The van der Waals surface area contributed by atoms with Crippen LogP contribution in [0.15, 0.2) is 103 Å². The third-order valence-corrected chi connectivity index (χ3v) is 11.4. The van der Waals surface area contributed by atoms with Gasteiger partial charge in [0.05, 0.1) is 54.1 Å². The zero-order valence-corrected chi connectivity index (χ0v) is 34.6. The summed E-state index contributed by atoms with van der Waals surface area (Å²) >= 11 is 0. The van der Waals surface area contributed by atoms with Crippen LogP contribution in [-0.4, -0.2) is 81.9 Å². The highest BCUT2D eigenvalue weighted by molar-refractivity contribution is 8.09. The Balaban J connectivity index is 0.000000197. The molecule has 314 valence electrons. The monoisotopic (exact) mass is 850 g/mol. The molecule has 2 aliphatic rings. The van der Waals surface area contributed by atoms with E-state index in [1.54, 1.807) is 24.3 Å². The topological polar surface area (TPSA) is 198 Å². The molecule has 2 atom stereocenters. The molecule has 2 heterocycles. The Hall–Kier alpha value is -5.07. The molecule has 5 aromatic carbocycles. The maximum absolute atomic E-state index is 14.0. The summed E-state index contributed by atoms with van der Waals surface area (Å²) < 4.78 is 95.9. The van der Waals surface area contributed by atoms with Crippen LogP contribution in [0.5, 0.6) is 0 Å². The van der Waals surface area contributed by atoms with E-state index in [1.165, 1.54) is 48.0 Å². The lowest BCUT2D eigenvalue weighted by Gasteiger charge is -2.27. The summed E-state index contributed by atoms with van der Waals surface area (Å²) in [7, 11) is -8.65. The van der Waals surface area contributed by atoms with Crippen LogP contribution in [0, 0.1) is 34.3 Å². The fraction of sp³-hybridized carbons (Fsp3) is 0.295. The molecule has 0 aromatic heterocycles. The average molecular weight is 851 g/mol. The van der Waals surface area contributed by atoms with Crippen LogP contribution in [0.1, 0.15) is 54.1 Å². The van der Waals surface area contributed by atoms with Crippen molar-refractivity contribution in [1.82, 2.24) is 0 Å². The Labute approximate surface area is 342 Å². The van der Waals surface area contributed by atoms with E-state index < -0.39 is 30.9 Å². The molecular formula is C44H48F2N2O9S2. The average Bonchev–Trinajstić information content (AvgIpc) is 3.87. The van der Waals surface area contributed by atoms with Gasteiger partial charge in [-0.2, -0.15) is 10.5 Å². The second-order valence-corrected chi connectivity index (χ2v) is 21.0. The summed E-state index contributed by atoms with van der Waals surface area (Å²) in [5.41, 5.74) is 1.51. The molecule has 2 fully saturated rings. The highest BCUT2D eigenvalue weighted by Gasteiger charge is 2.31. The van der Waals surface area contributed by atoms with Gasteiger partial charge in [-0.1, -0.05) is 84.9 Å². The number of hydrogen-bond acceptors (Lipinski definition) is 7. The molecule has 7 rings (SSSR count). The Bertz CT molecular complexity index is 2380. The lowest BCUT2D eigenvalue weighted by molar-refractivity contribution is 0.101. The van der Waals surface area contributed by atoms with E-state index >= 15 is 0 Å². The molecule has 11 nitrogen and oxygen atoms in total. The molecule has 2 aliphatic heterocycles. The van der Waals surface area contributed by atoms with E-state index in [0.717, 1.165) is 38.2 Å². The van der Waals surface area contributed by atoms with Crippen molar-refractivity contribution in [3.05, 3.63) is 131 Å². The minimum absolute atomic E-state index is 0.122. The minimum Gasteiger partial charge on any atom is -0.377 e. The van der Waals surface area contributed by atoms with Crippen LogP contribution in [-0.2, 0) is 28.7 Å². The zero-order valence-electron chi connectivity index (χ0n) is 32.9. The van der Waals surface area contributed by atoms with Gasteiger partial charge in [0, 0.05) is 42.4 Å². The number of nitrogens with zero attached hydrogens (tertiary/aromatic N) is 2. The second-order valence-electron chi connectivity index (χ2n) is 14.7. The van der Waals surface area contributed by atoms with Gasteiger partial charge < -0.3 is 27.7 Å². The van der Waals surface area contributed by atoms with Crippen molar-refractivity contribution in [3.8, 4) is 34.4 Å². The first-order valence-corrected chi connectivity index (χ1v) is 23.5. The number of hydrogen-bond donors (Lipinski definition) is 4. The van der Waals surface area contributed by atoms with Crippen LogP contribution in [0.2, 0.25) is 0 Å². The number of ketones is 1. The summed E-state index contributed by atoms with van der Waals surface area (Å²) in [6.07, 6.45) is 4.79. The van der Waals surface area contributed by atoms with Crippen LogP contribution in [0.3, 0.4) is 0 Å². The van der Waals surface area contributed by atoms with Gasteiger partial charge in [-0.15, -0.1) is 0 Å². The van der Waals surface area contributed by atoms with Gasteiger partial charge in [0.1, 0.15) is 23.8 Å². The number of carbonyl (C=O) groups is 1. The summed E-state index contributed by atoms with van der Waals surface area (Å²) in [6.45, 7) is 2.62. The van der Waals surface area contributed by atoms with E-state index in [1.807, 2.05) is 12.1 Å². The Morgan fingerprint density at radius 1 is 0.661 bits per heavy atom. The number of halogens is 2. The summed E-state index contributed by atoms with van der Waals surface area (Å²) in [5.74, 6) is -1.94. The quantitative estimate of drug-likeness (QED) is 0.114. The molecule has 2 unspecified atom stereocenters. The molecule has 59 heavy (non-hydrogen) atoms. The van der Waals surface area contributed by atoms with E-state index in [-0.39, 0.29) is 46.2 Å². The molecule has 0 aliphatic carbocycles. The molecule has 0 bridgehead atoms. The van der Waals surface area contributed by atoms with Gasteiger partial charge in [-0.3, -0.25) is 4.79 Å². The Kier molecular flexibility index (Phi) is 15.3. The van der Waals surface area contributed by atoms with Crippen molar-refractivity contribution in [3.63, 3.8) is 0 Å². The molecule has 0 saturated carbocycles. The molecule has 2 saturated heterocycles. The fourth-order valence-corrected chi connectivity index (χ4v) is 8.76. The summed E-state index contributed by atoms with van der Waals surface area (Å²) in [5, 5.41) is 21.1. The van der Waals surface area contributed by atoms with Crippen molar-refractivity contribution < 1.29 is 49.7 Å². The molecule has 5 aromatic rings. The van der Waals surface area contributed by atoms with Crippen molar-refractivity contribution in [2.75, 3.05) is 37.2 Å². The van der Waals surface area contributed by atoms with E-state index in [4.69, 9.17) is 27.7 Å².